The number of hydrogen-bond acceptors (Lipinski definition) is 5. The van der Waals surface area contributed by atoms with Crippen LogP contribution < -0.4 is 9.80 Å². The summed E-state index contributed by atoms with van der Waals surface area (Å²) in [5.41, 5.74) is 2.14. The van der Waals surface area contributed by atoms with Gasteiger partial charge in [0.2, 0.25) is 0 Å². The van der Waals surface area contributed by atoms with E-state index in [0.29, 0.717) is 19.5 Å². The first-order valence-electron chi connectivity index (χ1n) is 6.66. The molecule has 5 heteroatoms. The van der Waals surface area contributed by atoms with Crippen LogP contribution in [-0.2, 0) is 14.3 Å². The first kappa shape index (κ1) is 14.4. The molecule has 0 bridgehead atoms. The minimum absolute atomic E-state index is 0.0296. The zero-order chi connectivity index (χ0) is 14.7. The molecule has 0 amide bonds. The van der Waals surface area contributed by atoms with Crippen LogP contribution in [0.15, 0.2) is 24.3 Å². The van der Waals surface area contributed by atoms with Crippen molar-refractivity contribution in [1.82, 2.24) is 0 Å². The summed E-state index contributed by atoms with van der Waals surface area (Å²) in [5, 5.41) is 0. The lowest BCUT2D eigenvalue weighted by atomic mass is 9.96. The summed E-state index contributed by atoms with van der Waals surface area (Å²) in [6.45, 7) is 1.04. The van der Waals surface area contributed by atoms with Crippen LogP contribution in [-0.4, -0.2) is 46.0 Å². The third-order valence-corrected chi connectivity index (χ3v) is 3.64. The second kappa shape index (κ2) is 5.94. The van der Waals surface area contributed by atoms with Gasteiger partial charge in [-0.2, -0.15) is 0 Å². The maximum absolute atomic E-state index is 11.8. The van der Waals surface area contributed by atoms with Crippen LogP contribution in [0.3, 0.4) is 0 Å². The Hall–Kier alpha value is -2.04. The van der Waals surface area contributed by atoms with Crippen molar-refractivity contribution in [1.29, 1.82) is 0 Å². The fourth-order valence-corrected chi connectivity index (χ4v) is 2.38. The smallest absolute Gasteiger partial charge is 0.318 e. The zero-order valence-electron chi connectivity index (χ0n) is 12.1. The van der Waals surface area contributed by atoms with E-state index in [2.05, 4.69) is 4.90 Å². The summed E-state index contributed by atoms with van der Waals surface area (Å²) in [7, 11) is 5.30. The van der Waals surface area contributed by atoms with E-state index in [-0.39, 0.29) is 5.78 Å². The van der Waals surface area contributed by atoms with Gasteiger partial charge in [-0.05, 0) is 24.3 Å². The number of benzene rings is 1. The lowest BCUT2D eigenvalue weighted by Gasteiger charge is -2.32. The number of ether oxygens (including phenoxy) is 1. The fourth-order valence-electron chi connectivity index (χ4n) is 2.38. The first-order chi connectivity index (χ1) is 9.52. The molecule has 1 atom stereocenters. The third-order valence-electron chi connectivity index (χ3n) is 3.64. The van der Waals surface area contributed by atoms with Gasteiger partial charge in [-0.1, -0.05) is 0 Å². The predicted octanol–water partition coefficient (Wildman–Crippen LogP) is 1.32. The molecule has 1 aliphatic heterocycles. The summed E-state index contributed by atoms with van der Waals surface area (Å²) in [4.78, 5) is 27.5. The van der Waals surface area contributed by atoms with Crippen LogP contribution in [0.2, 0.25) is 0 Å². The summed E-state index contributed by atoms with van der Waals surface area (Å²) < 4.78 is 4.70. The monoisotopic (exact) mass is 276 g/mol. The number of carbonyl (C=O) groups is 2. The summed E-state index contributed by atoms with van der Waals surface area (Å²) in [5.74, 6) is -1.13. The van der Waals surface area contributed by atoms with Crippen molar-refractivity contribution in [3.05, 3.63) is 24.3 Å². The van der Waals surface area contributed by atoms with E-state index in [0.717, 1.165) is 11.4 Å². The third kappa shape index (κ3) is 2.92. The van der Waals surface area contributed by atoms with Gasteiger partial charge in [0, 0.05) is 45.0 Å². The average molecular weight is 276 g/mol. The Morgan fingerprint density at radius 2 is 1.95 bits per heavy atom. The highest BCUT2D eigenvalue weighted by Crippen LogP contribution is 2.24. The van der Waals surface area contributed by atoms with E-state index in [1.807, 2.05) is 43.3 Å². The average Bonchev–Trinajstić information content (AvgIpc) is 2.47. The number of methoxy groups -OCH3 is 1. The lowest BCUT2D eigenvalue weighted by Crippen LogP contribution is -2.44. The topological polar surface area (TPSA) is 49.9 Å². The molecule has 1 unspecified atom stereocenters. The van der Waals surface area contributed by atoms with Gasteiger partial charge in [-0.3, -0.25) is 9.59 Å². The van der Waals surface area contributed by atoms with E-state index < -0.39 is 11.9 Å². The molecule has 1 aliphatic rings. The number of esters is 1. The van der Waals surface area contributed by atoms with E-state index in [9.17, 15) is 9.59 Å². The zero-order valence-corrected chi connectivity index (χ0v) is 12.1. The molecule has 108 valence electrons. The van der Waals surface area contributed by atoms with Gasteiger partial charge >= 0.3 is 5.97 Å². The van der Waals surface area contributed by atoms with Crippen molar-refractivity contribution in [2.24, 2.45) is 5.92 Å². The lowest BCUT2D eigenvalue weighted by molar-refractivity contribution is -0.149. The Kier molecular flexibility index (Phi) is 4.27. The van der Waals surface area contributed by atoms with Gasteiger partial charge in [0.15, 0.2) is 5.78 Å². The SMILES string of the molecule is COC(=O)C1CN(c2ccc(N(C)C)cc2)CCC1=O. The fraction of sp³-hybridized carbons (Fsp3) is 0.467. The summed E-state index contributed by atoms with van der Waals surface area (Å²) in [6.07, 6.45) is 0.384. The Bertz CT molecular complexity index is 488. The molecule has 0 spiro atoms. The second-order valence-corrected chi connectivity index (χ2v) is 5.15. The molecule has 5 nitrogen and oxygen atoms in total. The molecule has 1 aromatic rings. The largest absolute Gasteiger partial charge is 0.468 e. The van der Waals surface area contributed by atoms with Gasteiger partial charge < -0.3 is 14.5 Å². The molecule has 1 fully saturated rings. The highest BCUT2D eigenvalue weighted by Gasteiger charge is 2.33. The van der Waals surface area contributed by atoms with Gasteiger partial charge in [-0.25, -0.2) is 0 Å². The summed E-state index contributed by atoms with van der Waals surface area (Å²) >= 11 is 0. The number of anilines is 2. The highest BCUT2D eigenvalue weighted by molar-refractivity contribution is 6.00. The van der Waals surface area contributed by atoms with E-state index >= 15 is 0 Å². The number of carbonyl (C=O) groups excluding carboxylic acids is 2. The maximum Gasteiger partial charge on any atom is 0.318 e. The molecule has 0 aromatic heterocycles. The van der Waals surface area contributed by atoms with Crippen LogP contribution in [0.5, 0.6) is 0 Å². The normalized spacial score (nSPS) is 18.9. The standard InChI is InChI=1S/C15H20N2O3/c1-16(2)11-4-6-12(7-5-11)17-9-8-14(18)13(10-17)15(19)20-3/h4-7,13H,8-10H2,1-3H3. The maximum atomic E-state index is 11.8. The molecule has 1 aromatic carbocycles. The number of nitrogens with zero attached hydrogens (tertiary/aromatic N) is 2. The first-order valence-corrected chi connectivity index (χ1v) is 6.66. The highest BCUT2D eigenvalue weighted by atomic mass is 16.5. The van der Waals surface area contributed by atoms with Crippen molar-refractivity contribution in [3.8, 4) is 0 Å². The van der Waals surface area contributed by atoms with Crippen molar-refractivity contribution in [3.63, 3.8) is 0 Å². The van der Waals surface area contributed by atoms with E-state index in [1.165, 1.54) is 7.11 Å². The van der Waals surface area contributed by atoms with Gasteiger partial charge in [-0.15, -0.1) is 0 Å². The number of Topliss-reactive ketones (excluding diaryl/α,β-unsaturated/α-hetero) is 1. The molecule has 0 saturated carbocycles. The molecule has 1 heterocycles. The Morgan fingerprint density at radius 1 is 1.30 bits per heavy atom. The Balaban J connectivity index is 2.13. The van der Waals surface area contributed by atoms with Crippen molar-refractivity contribution in [2.45, 2.75) is 6.42 Å². The van der Waals surface area contributed by atoms with E-state index in [4.69, 9.17) is 4.74 Å². The number of rotatable bonds is 3. The van der Waals surface area contributed by atoms with Crippen LogP contribution >= 0.6 is 0 Å². The molecular formula is C15H20N2O3. The van der Waals surface area contributed by atoms with E-state index in [1.54, 1.807) is 0 Å². The minimum Gasteiger partial charge on any atom is -0.468 e. The van der Waals surface area contributed by atoms with Crippen molar-refractivity contribution in [2.75, 3.05) is 44.1 Å². The molecule has 1 saturated heterocycles. The number of hydrogen-bond donors (Lipinski definition) is 0. The molecule has 0 aliphatic carbocycles. The molecule has 0 radical (unpaired) electrons. The summed E-state index contributed by atoms with van der Waals surface area (Å²) in [6, 6.07) is 8.08. The molecule has 20 heavy (non-hydrogen) atoms. The Labute approximate surface area is 119 Å². The minimum atomic E-state index is -0.665. The predicted molar refractivity (Wildman–Crippen MR) is 78.1 cm³/mol. The van der Waals surface area contributed by atoms with Gasteiger partial charge in [0.25, 0.3) is 0 Å². The number of piperidine rings is 1. The van der Waals surface area contributed by atoms with Crippen LogP contribution in [0.4, 0.5) is 11.4 Å². The van der Waals surface area contributed by atoms with Crippen LogP contribution in [0.1, 0.15) is 6.42 Å². The quantitative estimate of drug-likeness (QED) is 0.615. The van der Waals surface area contributed by atoms with Crippen LogP contribution in [0.25, 0.3) is 0 Å². The molecule has 2 rings (SSSR count). The Morgan fingerprint density at radius 3 is 2.50 bits per heavy atom. The second-order valence-electron chi connectivity index (χ2n) is 5.15. The van der Waals surface area contributed by atoms with Gasteiger partial charge in [0.1, 0.15) is 5.92 Å². The molecule has 0 N–H and O–H groups in total. The van der Waals surface area contributed by atoms with Crippen molar-refractivity contribution < 1.29 is 14.3 Å². The number of ketones is 1. The van der Waals surface area contributed by atoms with Gasteiger partial charge in [0.05, 0.1) is 7.11 Å². The molecular weight excluding hydrogens is 256 g/mol. The van der Waals surface area contributed by atoms with Crippen molar-refractivity contribution >= 4 is 23.1 Å². The van der Waals surface area contributed by atoms with Crippen LogP contribution in [0, 0.1) is 5.92 Å².